The fourth-order valence-corrected chi connectivity index (χ4v) is 3.77. The Morgan fingerprint density at radius 2 is 2.08 bits per heavy atom. The fourth-order valence-electron chi connectivity index (χ4n) is 2.80. The first-order chi connectivity index (χ1) is 12.6. The number of nitrogens with zero attached hydrogens (tertiary/aromatic N) is 2. The van der Waals surface area contributed by atoms with E-state index < -0.39 is 12.6 Å². The molecule has 0 bridgehead atoms. The predicted octanol–water partition coefficient (Wildman–Crippen LogP) is 2.61. The first kappa shape index (κ1) is 18.3. The number of carbonyl (C=O) groups excluding carboxylic acids is 1. The van der Waals surface area contributed by atoms with Crippen molar-refractivity contribution in [1.82, 2.24) is 4.90 Å². The number of methoxy groups -OCH3 is 1. The predicted molar refractivity (Wildman–Crippen MR) is 99.6 cm³/mol. The molecule has 2 aliphatic rings. The molecule has 0 saturated carbocycles. The van der Waals surface area contributed by atoms with Crippen LogP contribution in [0, 0.1) is 0 Å². The number of rotatable bonds is 5. The van der Waals surface area contributed by atoms with Crippen LogP contribution < -0.4 is 9.47 Å². The number of ether oxygens (including phenoxy) is 2. The molecular weight excluding hydrogens is 356 g/mol. The highest BCUT2D eigenvalue weighted by Gasteiger charge is 2.27. The zero-order valence-electron chi connectivity index (χ0n) is 14.4. The molecule has 3 rings (SSSR count). The first-order valence-corrected chi connectivity index (χ1v) is 9.18. The Balaban J connectivity index is 1.73. The van der Waals surface area contributed by atoms with Crippen LogP contribution in [0.5, 0.6) is 11.5 Å². The lowest BCUT2D eigenvalue weighted by molar-refractivity contribution is -0.139. The number of piperidine rings is 1. The lowest BCUT2D eigenvalue weighted by Crippen LogP contribution is -2.33. The summed E-state index contributed by atoms with van der Waals surface area (Å²) < 4.78 is 10.4. The van der Waals surface area contributed by atoms with E-state index in [1.807, 2.05) is 0 Å². The van der Waals surface area contributed by atoms with Crippen LogP contribution in [0.1, 0.15) is 24.8 Å². The number of benzene rings is 1. The highest BCUT2D eigenvalue weighted by Crippen LogP contribution is 2.34. The SMILES string of the molecule is COc1cc(/C=C2\SC(N3CCCCC3)=NC2=O)ccc1OCC(=O)O. The molecular formula is C18H20N2O5S. The molecule has 2 heterocycles. The maximum Gasteiger partial charge on any atom is 0.341 e. The van der Waals surface area contributed by atoms with Crippen molar-refractivity contribution >= 4 is 34.9 Å². The number of aliphatic carboxylic acids is 1. The molecule has 0 unspecified atom stereocenters. The number of aliphatic imine (C=N–C) groups is 1. The normalized spacial score (nSPS) is 18.8. The van der Waals surface area contributed by atoms with E-state index in [0.717, 1.165) is 36.7 Å². The number of carboxylic acids is 1. The van der Waals surface area contributed by atoms with E-state index in [1.165, 1.54) is 25.3 Å². The third kappa shape index (κ3) is 4.37. The Labute approximate surface area is 155 Å². The van der Waals surface area contributed by atoms with Gasteiger partial charge in [-0.05, 0) is 54.8 Å². The molecule has 2 aliphatic heterocycles. The molecule has 8 heteroatoms. The van der Waals surface area contributed by atoms with Crippen molar-refractivity contribution in [1.29, 1.82) is 0 Å². The maximum atomic E-state index is 12.2. The smallest absolute Gasteiger partial charge is 0.341 e. The second-order valence-corrected chi connectivity index (χ2v) is 6.96. The molecule has 1 fully saturated rings. The van der Waals surface area contributed by atoms with Crippen LogP contribution in [0.2, 0.25) is 0 Å². The lowest BCUT2D eigenvalue weighted by Gasteiger charge is -2.27. The van der Waals surface area contributed by atoms with Crippen molar-refractivity contribution in [3.8, 4) is 11.5 Å². The summed E-state index contributed by atoms with van der Waals surface area (Å²) in [6.45, 7) is 1.43. The second-order valence-electron chi connectivity index (χ2n) is 5.95. The molecule has 1 aromatic rings. The molecule has 26 heavy (non-hydrogen) atoms. The van der Waals surface area contributed by atoms with Crippen LogP contribution in [0.3, 0.4) is 0 Å². The van der Waals surface area contributed by atoms with E-state index in [2.05, 4.69) is 9.89 Å². The zero-order valence-corrected chi connectivity index (χ0v) is 15.3. The van der Waals surface area contributed by atoms with Gasteiger partial charge in [-0.25, -0.2) is 4.79 Å². The molecule has 0 atom stereocenters. The molecule has 1 saturated heterocycles. The number of thioether (sulfide) groups is 1. The molecule has 7 nitrogen and oxygen atoms in total. The summed E-state index contributed by atoms with van der Waals surface area (Å²) in [5, 5.41) is 9.48. The molecule has 1 N–H and O–H groups in total. The van der Waals surface area contributed by atoms with E-state index >= 15 is 0 Å². The van der Waals surface area contributed by atoms with Crippen molar-refractivity contribution in [2.45, 2.75) is 19.3 Å². The summed E-state index contributed by atoms with van der Waals surface area (Å²) in [6, 6.07) is 5.08. The third-order valence-electron chi connectivity index (χ3n) is 4.07. The third-order valence-corrected chi connectivity index (χ3v) is 5.12. The van der Waals surface area contributed by atoms with E-state index in [0.29, 0.717) is 16.4 Å². The van der Waals surface area contributed by atoms with E-state index in [9.17, 15) is 9.59 Å². The molecule has 0 spiro atoms. The first-order valence-electron chi connectivity index (χ1n) is 8.37. The number of hydrogen-bond acceptors (Lipinski definition) is 6. The second kappa shape index (κ2) is 8.27. The van der Waals surface area contributed by atoms with Crippen LogP contribution >= 0.6 is 11.8 Å². The summed E-state index contributed by atoms with van der Waals surface area (Å²) in [5.41, 5.74) is 0.760. The van der Waals surface area contributed by atoms with Crippen molar-refractivity contribution < 1.29 is 24.2 Å². The maximum absolute atomic E-state index is 12.2. The van der Waals surface area contributed by atoms with Gasteiger partial charge < -0.3 is 19.5 Å². The van der Waals surface area contributed by atoms with Crippen molar-refractivity contribution in [3.63, 3.8) is 0 Å². The summed E-state index contributed by atoms with van der Waals surface area (Å²) >= 11 is 1.39. The van der Waals surface area contributed by atoms with Crippen LogP contribution in [0.4, 0.5) is 0 Å². The minimum absolute atomic E-state index is 0.235. The Kier molecular flexibility index (Phi) is 5.82. The Bertz CT molecular complexity index is 769. The molecule has 0 radical (unpaired) electrons. The minimum atomic E-state index is -1.06. The quantitative estimate of drug-likeness (QED) is 0.790. The molecule has 138 valence electrons. The van der Waals surface area contributed by atoms with Gasteiger partial charge in [0.25, 0.3) is 5.91 Å². The average molecular weight is 376 g/mol. The number of likely N-dealkylation sites (tertiary alicyclic amines) is 1. The summed E-state index contributed by atoms with van der Waals surface area (Å²) in [5.74, 6) is -0.546. The summed E-state index contributed by atoms with van der Waals surface area (Å²) in [6.07, 6.45) is 5.24. The van der Waals surface area contributed by atoms with E-state index in [-0.39, 0.29) is 5.91 Å². The van der Waals surface area contributed by atoms with Crippen molar-refractivity contribution in [2.24, 2.45) is 4.99 Å². The van der Waals surface area contributed by atoms with Crippen LogP contribution in [0.15, 0.2) is 28.1 Å². The van der Waals surface area contributed by atoms with Gasteiger partial charge in [-0.2, -0.15) is 4.99 Å². The van der Waals surface area contributed by atoms with Crippen molar-refractivity contribution in [2.75, 3.05) is 26.8 Å². The van der Waals surface area contributed by atoms with Crippen molar-refractivity contribution in [3.05, 3.63) is 28.7 Å². The molecule has 1 aromatic carbocycles. The number of amides is 1. The van der Waals surface area contributed by atoms with Gasteiger partial charge in [-0.1, -0.05) is 6.07 Å². The molecule has 0 aliphatic carbocycles. The topological polar surface area (TPSA) is 88.4 Å². The number of amidine groups is 1. The van der Waals surface area contributed by atoms with Gasteiger partial charge in [0, 0.05) is 13.1 Å². The van der Waals surface area contributed by atoms with Gasteiger partial charge in [0.2, 0.25) is 0 Å². The lowest BCUT2D eigenvalue weighted by atomic mass is 10.1. The molecule has 1 amide bonds. The standard InChI is InChI=1S/C18H20N2O5S/c1-24-14-9-12(5-6-13(14)25-11-16(21)22)10-15-17(23)19-18(26-15)20-7-3-2-4-8-20/h5-6,9-10H,2-4,7-8,11H2,1H3,(H,21,22)/b15-10-. The van der Waals surface area contributed by atoms with Gasteiger partial charge in [0.05, 0.1) is 12.0 Å². The Morgan fingerprint density at radius 1 is 1.31 bits per heavy atom. The molecule has 0 aromatic heterocycles. The summed E-state index contributed by atoms with van der Waals surface area (Å²) in [7, 11) is 1.48. The Morgan fingerprint density at radius 3 is 2.77 bits per heavy atom. The largest absolute Gasteiger partial charge is 0.493 e. The van der Waals surface area contributed by atoms with Gasteiger partial charge in [-0.3, -0.25) is 4.79 Å². The fraction of sp³-hybridized carbons (Fsp3) is 0.389. The Hall–Kier alpha value is -2.48. The van der Waals surface area contributed by atoms with Gasteiger partial charge in [0.15, 0.2) is 23.3 Å². The van der Waals surface area contributed by atoms with E-state index in [4.69, 9.17) is 14.6 Å². The zero-order chi connectivity index (χ0) is 18.5. The highest BCUT2D eigenvalue weighted by molar-refractivity contribution is 8.18. The van der Waals surface area contributed by atoms with Crippen LogP contribution in [-0.4, -0.2) is 53.9 Å². The summed E-state index contributed by atoms with van der Waals surface area (Å²) in [4.78, 5) is 29.7. The number of carbonyl (C=O) groups is 2. The van der Waals surface area contributed by atoms with Crippen LogP contribution in [-0.2, 0) is 9.59 Å². The van der Waals surface area contributed by atoms with Gasteiger partial charge in [-0.15, -0.1) is 0 Å². The van der Waals surface area contributed by atoms with Gasteiger partial charge >= 0.3 is 5.97 Å². The minimum Gasteiger partial charge on any atom is -0.493 e. The van der Waals surface area contributed by atoms with Gasteiger partial charge in [0.1, 0.15) is 0 Å². The van der Waals surface area contributed by atoms with E-state index in [1.54, 1.807) is 24.3 Å². The highest BCUT2D eigenvalue weighted by atomic mass is 32.2. The average Bonchev–Trinajstić information content (AvgIpc) is 3.01. The monoisotopic (exact) mass is 376 g/mol. The van der Waals surface area contributed by atoms with Crippen LogP contribution in [0.25, 0.3) is 6.08 Å². The number of carboxylic acid groups (broad SMARTS) is 1. The number of hydrogen-bond donors (Lipinski definition) is 1.